The highest BCUT2D eigenvalue weighted by atomic mass is 19.4. The van der Waals surface area contributed by atoms with Crippen LogP contribution >= 0.6 is 0 Å². The van der Waals surface area contributed by atoms with Gasteiger partial charge in [0.05, 0.1) is 11.3 Å². The monoisotopic (exact) mass is 452 g/mol. The van der Waals surface area contributed by atoms with Gasteiger partial charge in [-0.2, -0.15) is 31.3 Å². The second-order valence-corrected chi connectivity index (χ2v) is 6.43. The van der Waals surface area contributed by atoms with Gasteiger partial charge in [-0.05, 0) is 30.3 Å². The number of hydrogen-bond donors (Lipinski definition) is 1. The maximum absolute atomic E-state index is 13.4. The van der Waals surface area contributed by atoms with Gasteiger partial charge in [0.2, 0.25) is 11.6 Å². The minimum atomic E-state index is -4.86. The van der Waals surface area contributed by atoms with Crippen molar-refractivity contribution in [3.05, 3.63) is 59.9 Å². The summed E-state index contributed by atoms with van der Waals surface area (Å²) < 4.78 is 83.5. The minimum absolute atomic E-state index is 0.00425. The lowest BCUT2D eigenvalue weighted by molar-refractivity contribution is -0.141. The molecule has 0 aliphatic heterocycles. The molecule has 3 heterocycles. The first kappa shape index (κ1) is 21.2. The van der Waals surface area contributed by atoms with Crippen molar-refractivity contribution < 1.29 is 30.9 Å². The number of benzene rings is 1. The molecule has 0 bridgehead atoms. The van der Waals surface area contributed by atoms with E-state index in [1.165, 1.54) is 18.3 Å². The van der Waals surface area contributed by atoms with Crippen molar-refractivity contribution in [2.75, 3.05) is 5.73 Å². The molecule has 13 heteroatoms. The van der Waals surface area contributed by atoms with Gasteiger partial charge >= 0.3 is 12.4 Å². The Morgan fingerprint density at radius 2 is 1.44 bits per heavy atom. The summed E-state index contributed by atoms with van der Waals surface area (Å²) in [5.41, 5.74) is 3.33. The summed E-state index contributed by atoms with van der Waals surface area (Å²) in [5.74, 6) is -0.725. The Balaban J connectivity index is 1.77. The molecule has 4 aromatic rings. The maximum Gasteiger partial charge on any atom is 0.433 e. The zero-order valence-corrected chi connectivity index (χ0v) is 15.6. The van der Waals surface area contributed by atoms with Crippen LogP contribution in [-0.4, -0.2) is 25.1 Å². The fourth-order valence-electron chi connectivity index (χ4n) is 2.64. The summed E-state index contributed by atoms with van der Waals surface area (Å²) in [6.07, 6.45) is -8.11. The van der Waals surface area contributed by atoms with E-state index < -0.39 is 35.3 Å². The van der Waals surface area contributed by atoms with E-state index in [1.54, 1.807) is 0 Å². The first-order valence-corrected chi connectivity index (χ1v) is 8.70. The molecule has 2 N–H and O–H groups in total. The Morgan fingerprint density at radius 3 is 2.03 bits per heavy atom. The summed E-state index contributed by atoms with van der Waals surface area (Å²) in [5, 5.41) is 3.67. The van der Waals surface area contributed by atoms with Crippen LogP contribution in [0, 0.1) is 0 Å². The number of rotatable bonds is 3. The normalized spacial score (nSPS) is 12.2. The Hall–Kier alpha value is -4.03. The van der Waals surface area contributed by atoms with Crippen molar-refractivity contribution in [1.82, 2.24) is 25.1 Å². The van der Waals surface area contributed by atoms with Gasteiger partial charge in [-0.15, -0.1) is 0 Å². The van der Waals surface area contributed by atoms with Crippen LogP contribution in [0.5, 0.6) is 0 Å². The highest BCUT2D eigenvalue weighted by molar-refractivity contribution is 5.63. The van der Waals surface area contributed by atoms with Crippen LogP contribution < -0.4 is 5.73 Å². The van der Waals surface area contributed by atoms with E-state index in [1.807, 2.05) is 0 Å². The quantitative estimate of drug-likeness (QED) is 0.442. The summed E-state index contributed by atoms with van der Waals surface area (Å²) in [4.78, 5) is 15.2. The number of pyridine rings is 1. The molecule has 0 atom stereocenters. The molecule has 3 aromatic heterocycles. The van der Waals surface area contributed by atoms with Gasteiger partial charge in [-0.25, -0.2) is 15.0 Å². The number of anilines is 1. The van der Waals surface area contributed by atoms with Crippen molar-refractivity contribution in [3.8, 4) is 34.4 Å². The molecular weight excluding hydrogens is 442 g/mol. The standard InChI is InChI=1S/C19H10F6N6O/c20-18(21,22)11-4-1-9(2-5-11)12-7-13(19(23,24)25)29-16(28-12)17-30-15(31-32-17)10-3-6-14(26)27-8-10/h1-8H,(H2,26,27). The van der Waals surface area contributed by atoms with Gasteiger partial charge in [-0.1, -0.05) is 17.3 Å². The number of hydrogen-bond acceptors (Lipinski definition) is 7. The Bertz CT molecular complexity index is 1250. The molecule has 1 aromatic carbocycles. The summed E-state index contributed by atoms with van der Waals surface area (Å²) in [6.45, 7) is 0. The Labute approximate surface area is 175 Å². The van der Waals surface area contributed by atoms with Crippen LogP contribution in [0.1, 0.15) is 11.3 Å². The van der Waals surface area contributed by atoms with Crippen LogP contribution in [-0.2, 0) is 12.4 Å². The van der Waals surface area contributed by atoms with Gasteiger partial charge in [-0.3, -0.25) is 0 Å². The van der Waals surface area contributed by atoms with E-state index >= 15 is 0 Å². The minimum Gasteiger partial charge on any atom is -0.384 e. The van der Waals surface area contributed by atoms with Gasteiger partial charge < -0.3 is 10.3 Å². The maximum atomic E-state index is 13.4. The van der Waals surface area contributed by atoms with E-state index in [2.05, 4.69) is 25.1 Å². The average molecular weight is 452 g/mol. The second kappa shape index (κ2) is 7.59. The largest absolute Gasteiger partial charge is 0.433 e. The van der Waals surface area contributed by atoms with Crippen molar-refractivity contribution in [2.24, 2.45) is 0 Å². The molecule has 7 nitrogen and oxygen atoms in total. The highest BCUT2D eigenvalue weighted by Crippen LogP contribution is 2.34. The number of alkyl halides is 6. The molecule has 0 radical (unpaired) electrons. The number of nitrogens with two attached hydrogens (primary N) is 1. The number of nitrogens with zero attached hydrogens (tertiary/aromatic N) is 5. The molecule has 0 fully saturated rings. The molecule has 0 saturated carbocycles. The lowest BCUT2D eigenvalue weighted by Crippen LogP contribution is -2.10. The lowest BCUT2D eigenvalue weighted by Gasteiger charge is -2.10. The molecule has 0 saturated heterocycles. The van der Waals surface area contributed by atoms with Gasteiger partial charge in [0.1, 0.15) is 11.5 Å². The SMILES string of the molecule is Nc1ccc(-c2noc(-c3nc(-c4ccc(C(F)(F)F)cc4)cc(C(F)(F)F)n3)n2)cn1. The summed E-state index contributed by atoms with van der Waals surface area (Å²) >= 11 is 0. The van der Waals surface area contributed by atoms with Gasteiger partial charge in [0, 0.05) is 17.3 Å². The van der Waals surface area contributed by atoms with Crippen molar-refractivity contribution in [3.63, 3.8) is 0 Å². The van der Waals surface area contributed by atoms with E-state index in [4.69, 9.17) is 10.3 Å². The zero-order valence-electron chi connectivity index (χ0n) is 15.6. The van der Waals surface area contributed by atoms with E-state index in [0.717, 1.165) is 24.3 Å². The van der Waals surface area contributed by atoms with Crippen LogP contribution in [0.3, 0.4) is 0 Å². The number of nitrogen functional groups attached to an aromatic ring is 1. The van der Waals surface area contributed by atoms with Crippen molar-refractivity contribution >= 4 is 5.82 Å². The second-order valence-electron chi connectivity index (χ2n) is 6.43. The molecule has 0 aliphatic carbocycles. The van der Waals surface area contributed by atoms with E-state index in [9.17, 15) is 26.3 Å². The average Bonchev–Trinajstić information content (AvgIpc) is 3.23. The summed E-state index contributed by atoms with van der Waals surface area (Å²) in [6, 6.07) is 7.11. The molecule has 0 unspecified atom stereocenters. The molecule has 32 heavy (non-hydrogen) atoms. The third kappa shape index (κ3) is 4.36. The molecule has 164 valence electrons. The fraction of sp³-hybridized carbons (Fsp3) is 0.105. The lowest BCUT2D eigenvalue weighted by atomic mass is 10.1. The fourth-order valence-corrected chi connectivity index (χ4v) is 2.64. The summed E-state index contributed by atoms with van der Waals surface area (Å²) in [7, 11) is 0. The zero-order chi connectivity index (χ0) is 23.1. The molecule has 4 rings (SSSR count). The molecular formula is C19H10F6N6O. The first-order chi connectivity index (χ1) is 15.0. The van der Waals surface area contributed by atoms with E-state index in [0.29, 0.717) is 11.6 Å². The van der Waals surface area contributed by atoms with Gasteiger partial charge in [0.25, 0.3) is 5.89 Å². The number of halogens is 6. The predicted octanol–water partition coefficient (Wildman–Crippen LogP) is 4.88. The van der Waals surface area contributed by atoms with Crippen molar-refractivity contribution in [1.29, 1.82) is 0 Å². The van der Waals surface area contributed by atoms with Crippen LogP contribution in [0.4, 0.5) is 32.2 Å². The van der Waals surface area contributed by atoms with Crippen molar-refractivity contribution in [2.45, 2.75) is 12.4 Å². The Morgan fingerprint density at radius 1 is 0.750 bits per heavy atom. The third-order valence-corrected chi connectivity index (χ3v) is 4.19. The topological polar surface area (TPSA) is 104 Å². The van der Waals surface area contributed by atoms with Crippen LogP contribution in [0.25, 0.3) is 34.4 Å². The first-order valence-electron chi connectivity index (χ1n) is 8.70. The number of aromatic nitrogens is 5. The predicted molar refractivity (Wildman–Crippen MR) is 98.4 cm³/mol. The van der Waals surface area contributed by atoms with Crippen LogP contribution in [0.2, 0.25) is 0 Å². The molecule has 0 amide bonds. The molecule has 0 aliphatic rings. The van der Waals surface area contributed by atoms with E-state index in [-0.39, 0.29) is 22.9 Å². The Kier molecular flexibility index (Phi) is 5.03. The van der Waals surface area contributed by atoms with Gasteiger partial charge in [0.15, 0.2) is 0 Å². The highest BCUT2D eigenvalue weighted by Gasteiger charge is 2.35. The molecule has 0 spiro atoms. The third-order valence-electron chi connectivity index (χ3n) is 4.19. The smallest absolute Gasteiger partial charge is 0.384 e. The van der Waals surface area contributed by atoms with Crippen LogP contribution in [0.15, 0.2) is 53.2 Å².